The van der Waals surface area contributed by atoms with Crippen LogP contribution in [-0.2, 0) is 16.0 Å². The Morgan fingerprint density at radius 2 is 2.30 bits per heavy atom. The van der Waals surface area contributed by atoms with Crippen molar-refractivity contribution in [3.63, 3.8) is 0 Å². The number of nitrogens with zero attached hydrogens (tertiary/aromatic N) is 2. The number of hydrogen-bond acceptors (Lipinski definition) is 6. The lowest BCUT2D eigenvalue weighted by molar-refractivity contribution is -0.115. The van der Waals surface area contributed by atoms with Gasteiger partial charge in [0.15, 0.2) is 5.82 Å². The topological polar surface area (TPSA) is 122 Å². The molecule has 9 heteroatoms. The van der Waals surface area contributed by atoms with Gasteiger partial charge in [0.25, 0.3) is 0 Å². The van der Waals surface area contributed by atoms with Crippen molar-refractivity contribution in [2.24, 2.45) is 0 Å². The molecule has 2 aromatic rings. The molecule has 1 aliphatic carbocycles. The normalized spacial score (nSPS) is 20.2. The molecule has 0 bridgehead atoms. The van der Waals surface area contributed by atoms with E-state index in [0.717, 1.165) is 31.4 Å². The molecule has 0 radical (unpaired) electrons. The largest absolute Gasteiger partial charge is 0.447 e. The van der Waals surface area contributed by atoms with Gasteiger partial charge in [-0.25, -0.2) is 4.79 Å². The summed E-state index contributed by atoms with van der Waals surface area (Å²) < 4.78 is 9.98. The monoisotopic (exact) mass is 375 g/mol. The highest BCUT2D eigenvalue weighted by Gasteiger charge is 2.29. The Hall–Kier alpha value is -2.84. The van der Waals surface area contributed by atoms with Crippen LogP contribution >= 0.6 is 0 Å². The number of nitrogens with one attached hydrogen (secondary N) is 3. The maximum atomic E-state index is 12.0. The van der Waals surface area contributed by atoms with Gasteiger partial charge in [0.2, 0.25) is 5.91 Å². The van der Waals surface area contributed by atoms with Gasteiger partial charge >= 0.3 is 6.09 Å². The summed E-state index contributed by atoms with van der Waals surface area (Å²) in [6, 6.07) is 3.57. The maximum Gasteiger partial charge on any atom is 0.407 e. The van der Waals surface area contributed by atoms with E-state index in [1.165, 1.54) is 6.26 Å². The maximum absolute atomic E-state index is 12.0. The Labute approximate surface area is 157 Å². The van der Waals surface area contributed by atoms with Crippen LogP contribution in [0, 0.1) is 0 Å². The molecule has 2 heterocycles. The molecule has 27 heavy (non-hydrogen) atoms. The van der Waals surface area contributed by atoms with Crippen LogP contribution in [0.4, 0.5) is 10.6 Å². The minimum atomic E-state index is -0.361. The van der Waals surface area contributed by atoms with Crippen LogP contribution in [-0.4, -0.2) is 39.5 Å². The molecule has 1 saturated carbocycles. The third-order valence-electron chi connectivity index (χ3n) is 4.78. The quantitative estimate of drug-likeness (QED) is 0.684. The number of H-pyrrole nitrogens is 1. The molecule has 3 N–H and O–H groups in total. The van der Waals surface area contributed by atoms with Crippen LogP contribution in [0.5, 0.6) is 0 Å². The van der Waals surface area contributed by atoms with Crippen LogP contribution in [0.1, 0.15) is 56.8 Å². The number of aromatic nitrogens is 3. The molecule has 0 spiro atoms. The summed E-state index contributed by atoms with van der Waals surface area (Å²) in [7, 11) is 0. The number of rotatable bonds is 7. The first-order valence-electron chi connectivity index (χ1n) is 9.25. The Kier molecular flexibility index (Phi) is 6.10. The molecule has 9 nitrogen and oxygen atoms in total. The summed E-state index contributed by atoms with van der Waals surface area (Å²) in [5, 5.41) is 16.5. The molecule has 1 fully saturated rings. The van der Waals surface area contributed by atoms with E-state index in [2.05, 4.69) is 26.0 Å². The van der Waals surface area contributed by atoms with Gasteiger partial charge in [-0.2, -0.15) is 5.10 Å². The van der Waals surface area contributed by atoms with Gasteiger partial charge in [-0.3, -0.25) is 9.89 Å². The average molecular weight is 375 g/mol. The summed E-state index contributed by atoms with van der Waals surface area (Å²) in [6.45, 7) is 3.85. The summed E-state index contributed by atoms with van der Waals surface area (Å²) in [5.74, 6) is 0.527. The van der Waals surface area contributed by atoms with Crippen molar-refractivity contribution in [2.75, 3.05) is 5.32 Å². The number of aromatic amines is 1. The number of anilines is 1. The van der Waals surface area contributed by atoms with Crippen LogP contribution in [0.3, 0.4) is 0 Å². The fourth-order valence-corrected chi connectivity index (χ4v) is 3.15. The zero-order valence-electron chi connectivity index (χ0n) is 15.5. The SMILES string of the molecule is CCC(C)OC(=O)NC1CCC(c2cc(NC(=O)Cc3ccon3)n[nH]2)C1. The van der Waals surface area contributed by atoms with Gasteiger partial charge in [-0.15, -0.1) is 0 Å². The van der Waals surface area contributed by atoms with Crippen molar-refractivity contribution in [3.8, 4) is 0 Å². The van der Waals surface area contributed by atoms with Crippen molar-refractivity contribution in [1.82, 2.24) is 20.7 Å². The van der Waals surface area contributed by atoms with E-state index >= 15 is 0 Å². The van der Waals surface area contributed by atoms with E-state index in [4.69, 9.17) is 9.26 Å². The highest BCUT2D eigenvalue weighted by atomic mass is 16.6. The first kappa shape index (κ1) is 18.9. The Morgan fingerprint density at radius 3 is 3.04 bits per heavy atom. The Morgan fingerprint density at radius 1 is 1.44 bits per heavy atom. The van der Waals surface area contributed by atoms with Crippen molar-refractivity contribution in [3.05, 3.63) is 29.8 Å². The highest BCUT2D eigenvalue weighted by molar-refractivity contribution is 5.91. The second-order valence-corrected chi connectivity index (χ2v) is 6.90. The standard InChI is InChI=1S/C18H25N5O4/c1-3-11(2)27-18(25)19-13-5-4-12(8-13)15-10-16(22-21-15)20-17(24)9-14-6-7-26-23-14/h6-7,10-13H,3-5,8-9H2,1-2H3,(H,19,25)(H2,20,21,22,24). The van der Waals surface area contributed by atoms with E-state index in [1.807, 2.05) is 19.9 Å². The lowest BCUT2D eigenvalue weighted by Gasteiger charge is -2.16. The number of hydrogen-bond donors (Lipinski definition) is 3. The molecular weight excluding hydrogens is 350 g/mol. The third kappa shape index (κ3) is 5.32. The predicted octanol–water partition coefficient (Wildman–Crippen LogP) is 2.74. The first-order valence-corrected chi connectivity index (χ1v) is 9.25. The lowest BCUT2D eigenvalue weighted by Crippen LogP contribution is -2.35. The van der Waals surface area contributed by atoms with E-state index in [0.29, 0.717) is 11.5 Å². The van der Waals surface area contributed by atoms with Crippen molar-refractivity contribution in [2.45, 2.75) is 64.0 Å². The minimum absolute atomic E-state index is 0.0834. The summed E-state index contributed by atoms with van der Waals surface area (Å²) in [5.41, 5.74) is 1.52. The predicted molar refractivity (Wildman–Crippen MR) is 97.2 cm³/mol. The molecule has 2 aromatic heterocycles. The summed E-state index contributed by atoms with van der Waals surface area (Å²) >= 11 is 0. The van der Waals surface area contributed by atoms with Gasteiger partial charge in [0, 0.05) is 29.8 Å². The molecule has 0 aliphatic heterocycles. The molecule has 3 atom stereocenters. The first-order chi connectivity index (χ1) is 13.0. The van der Waals surface area contributed by atoms with Gasteiger partial charge in [-0.05, 0) is 32.6 Å². The second kappa shape index (κ2) is 8.70. The van der Waals surface area contributed by atoms with Crippen LogP contribution < -0.4 is 10.6 Å². The molecule has 0 saturated heterocycles. The van der Waals surface area contributed by atoms with E-state index in [1.54, 1.807) is 6.07 Å². The number of alkyl carbamates (subject to hydrolysis) is 1. The molecular formula is C18H25N5O4. The number of ether oxygens (including phenoxy) is 1. The van der Waals surface area contributed by atoms with Gasteiger partial charge in [0.1, 0.15) is 12.4 Å². The van der Waals surface area contributed by atoms with Crippen LogP contribution in [0.15, 0.2) is 22.9 Å². The molecule has 2 amide bonds. The number of carbonyl (C=O) groups excluding carboxylic acids is 2. The smallest absolute Gasteiger partial charge is 0.407 e. The molecule has 1 aliphatic rings. The van der Waals surface area contributed by atoms with Crippen molar-refractivity contribution >= 4 is 17.8 Å². The van der Waals surface area contributed by atoms with Crippen LogP contribution in [0.25, 0.3) is 0 Å². The second-order valence-electron chi connectivity index (χ2n) is 6.90. The van der Waals surface area contributed by atoms with Gasteiger partial charge < -0.3 is 19.9 Å². The summed E-state index contributed by atoms with van der Waals surface area (Å²) in [4.78, 5) is 23.8. The molecule has 3 rings (SSSR count). The van der Waals surface area contributed by atoms with Gasteiger partial charge in [-0.1, -0.05) is 12.1 Å². The van der Waals surface area contributed by atoms with Crippen LogP contribution in [0.2, 0.25) is 0 Å². The summed E-state index contributed by atoms with van der Waals surface area (Å²) in [6.07, 6.45) is 4.53. The lowest BCUT2D eigenvalue weighted by atomic mass is 10.0. The molecule has 0 aromatic carbocycles. The number of amides is 2. The van der Waals surface area contributed by atoms with Gasteiger partial charge in [0.05, 0.1) is 12.1 Å². The van der Waals surface area contributed by atoms with E-state index in [-0.39, 0.29) is 36.5 Å². The van der Waals surface area contributed by atoms with E-state index in [9.17, 15) is 9.59 Å². The fourth-order valence-electron chi connectivity index (χ4n) is 3.15. The van der Waals surface area contributed by atoms with Crippen molar-refractivity contribution < 1.29 is 18.8 Å². The Bertz CT molecular complexity index is 758. The fraction of sp³-hybridized carbons (Fsp3) is 0.556. The molecule has 146 valence electrons. The average Bonchev–Trinajstić information content (AvgIpc) is 3.36. The zero-order chi connectivity index (χ0) is 19.2. The zero-order valence-corrected chi connectivity index (χ0v) is 15.5. The minimum Gasteiger partial charge on any atom is -0.447 e. The Balaban J connectivity index is 1.47. The highest BCUT2D eigenvalue weighted by Crippen LogP contribution is 2.34. The third-order valence-corrected chi connectivity index (χ3v) is 4.78. The number of carbonyl (C=O) groups is 2. The molecule has 3 unspecified atom stereocenters. The van der Waals surface area contributed by atoms with Crippen molar-refractivity contribution in [1.29, 1.82) is 0 Å². The van der Waals surface area contributed by atoms with E-state index < -0.39 is 0 Å².